The molecule has 8 heteroatoms. The van der Waals surface area contributed by atoms with Gasteiger partial charge in [0.15, 0.2) is 0 Å². The van der Waals surface area contributed by atoms with Crippen molar-refractivity contribution >= 4 is 11.6 Å². The van der Waals surface area contributed by atoms with Gasteiger partial charge in [-0.2, -0.15) is 4.39 Å². The first kappa shape index (κ1) is 24.2. The number of nitrogens with zero attached hydrogens (tertiary/aromatic N) is 3. The number of amides is 1. The molecule has 0 bridgehead atoms. The number of nitrogens with one attached hydrogen (secondary N) is 1. The molecule has 1 aliphatic rings. The smallest absolute Gasteiger partial charge is 0.270 e. The highest BCUT2D eigenvalue weighted by Gasteiger charge is 2.23. The molecule has 0 saturated carbocycles. The van der Waals surface area contributed by atoms with E-state index in [9.17, 15) is 14.3 Å². The Morgan fingerprint density at radius 1 is 1.29 bits per heavy atom. The van der Waals surface area contributed by atoms with Gasteiger partial charge in [0.05, 0.1) is 11.7 Å². The molecule has 180 valence electrons. The molecule has 4 rings (SSSR count). The molecule has 0 radical (unpaired) electrons. The van der Waals surface area contributed by atoms with Crippen molar-refractivity contribution in [1.29, 1.82) is 0 Å². The summed E-state index contributed by atoms with van der Waals surface area (Å²) in [5.74, 6) is 5.63. The van der Waals surface area contributed by atoms with Gasteiger partial charge in [0.25, 0.3) is 5.91 Å². The second kappa shape index (κ2) is 10.1. The van der Waals surface area contributed by atoms with Crippen LogP contribution in [0.1, 0.15) is 41.2 Å². The number of benzene rings is 1. The summed E-state index contributed by atoms with van der Waals surface area (Å²) in [6.45, 7) is 4.09. The third-order valence-electron chi connectivity index (χ3n) is 5.37. The maximum atomic E-state index is 13.4. The highest BCUT2D eigenvalue weighted by atomic mass is 19.1. The van der Waals surface area contributed by atoms with Gasteiger partial charge >= 0.3 is 0 Å². The first-order valence-electron chi connectivity index (χ1n) is 11.3. The van der Waals surface area contributed by atoms with E-state index in [1.54, 1.807) is 44.3 Å². The van der Waals surface area contributed by atoms with Gasteiger partial charge < -0.3 is 20.1 Å². The van der Waals surface area contributed by atoms with Crippen molar-refractivity contribution < 1.29 is 19.0 Å². The average Bonchev–Trinajstić information content (AvgIpc) is 2.96. The lowest BCUT2D eigenvalue weighted by Gasteiger charge is -2.22. The largest absolute Gasteiger partial charge is 0.489 e. The number of aromatic nitrogens is 2. The number of anilines is 1. The van der Waals surface area contributed by atoms with Crippen LogP contribution in [-0.4, -0.2) is 52.8 Å². The monoisotopic (exact) mass is 474 g/mol. The van der Waals surface area contributed by atoms with Crippen molar-refractivity contribution in [3.63, 3.8) is 0 Å². The molecule has 1 aromatic carbocycles. The van der Waals surface area contributed by atoms with Crippen LogP contribution in [0.25, 0.3) is 0 Å². The average molecular weight is 475 g/mol. The Balaban J connectivity index is 1.43. The maximum absolute atomic E-state index is 13.4. The molecule has 2 N–H and O–H groups in total. The summed E-state index contributed by atoms with van der Waals surface area (Å²) in [4.78, 5) is 23.0. The third-order valence-corrected chi connectivity index (χ3v) is 5.37. The summed E-state index contributed by atoms with van der Waals surface area (Å²) >= 11 is 0. The van der Waals surface area contributed by atoms with Gasteiger partial charge in [-0.25, -0.2) is 4.98 Å². The first-order valence-corrected chi connectivity index (χ1v) is 11.3. The molecule has 0 fully saturated rings. The Kier molecular flexibility index (Phi) is 6.99. The second-order valence-electron chi connectivity index (χ2n) is 9.03. The topological polar surface area (TPSA) is 87.6 Å². The summed E-state index contributed by atoms with van der Waals surface area (Å²) in [5, 5.41) is 12.9. The van der Waals surface area contributed by atoms with Crippen LogP contribution in [0.4, 0.5) is 10.1 Å². The van der Waals surface area contributed by atoms with E-state index in [1.807, 2.05) is 30.1 Å². The Labute approximate surface area is 204 Å². The molecule has 1 atom stereocenters. The Hall–Kier alpha value is -3.96. The van der Waals surface area contributed by atoms with Gasteiger partial charge in [-0.05, 0) is 61.9 Å². The van der Waals surface area contributed by atoms with Gasteiger partial charge in [-0.1, -0.05) is 17.9 Å². The van der Waals surface area contributed by atoms with Crippen LogP contribution < -0.4 is 15.0 Å². The van der Waals surface area contributed by atoms with Crippen LogP contribution in [0.3, 0.4) is 0 Å². The van der Waals surface area contributed by atoms with Crippen molar-refractivity contribution in [1.82, 2.24) is 15.3 Å². The fourth-order valence-electron chi connectivity index (χ4n) is 3.73. The SMILES string of the molecule is CN1C[C@@H](NC(=O)c2cc(Cc3cccc(F)n3)ccn2)COc2ccc(C#CC(C)(C)O)cc21. The lowest BCUT2D eigenvalue weighted by molar-refractivity contribution is 0.0920. The van der Waals surface area contributed by atoms with Crippen molar-refractivity contribution in [2.45, 2.75) is 31.9 Å². The number of carbonyl (C=O) groups is 1. The molecule has 35 heavy (non-hydrogen) atoms. The van der Waals surface area contributed by atoms with Gasteiger partial charge in [-0.15, -0.1) is 0 Å². The highest BCUT2D eigenvalue weighted by molar-refractivity contribution is 5.92. The molecule has 2 aromatic heterocycles. The quantitative estimate of drug-likeness (QED) is 0.447. The minimum absolute atomic E-state index is 0.271. The van der Waals surface area contributed by atoms with Gasteiger partial charge in [0.2, 0.25) is 5.95 Å². The number of carbonyl (C=O) groups excluding carboxylic acids is 1. The maximum Gasteiger partial charge on any atom is 0.270 e. The Bertz CT molecular complexity index is 1290. The van der Waals surface area contributed by atoms with Crippen LogP contribution in [0.15, 0.2) is 54.7 Å². The number of fused-ring (bicyclic) bond motifs is 1. The third kappa shape index (κ3) is 6.55. The molecule has 3 aromatic rings. The minimum Gasteiger partial charge on any atom is -0.489 e. The molecule has 0 unspecified atom stereocenters. The molecular weight excluding hydrogens is 447 g/mol. The lowest BCUT2D eigenvalue weighted by Crippen LogP contribution is -2.45. The zero-order valence-electron chi connectivity index (χ0n) is 19.9. The van der Waals surface area contributed by atoms with Crippen molar-refractivity contribution in [3.05, 3.63) is 83.2 Å². The predicted octanol–water partition coefficient (Wildman–Crippen LogP) is 2.96. The van der Waals surface area contributed by atoms with Crippen LogP contribution in [0, 0.1) is 17.8 Å². The van der Waals surface area contributed by atoms with E-state index in [4.69, 9.17) is 4.74 Å². The number of rotatable bonds is 4. The minimum atomic E-state index is -1.08. The van der Waals surface area contributed by atoms with Crippen LogP contribution >= 0.6 is 0 Å². The number of likely N-dealkylation sites (N-methyl/N-ethyl adjacent to an activating group) is 1. The summed E-state index contributed by atoms with van der Waals surface area (Å²) in [6, 6.07) is 13.4. The first-order chi connectivity index (χ1) is 16.7. The zero-order valence-corrected chi connectivity index (χ0v) is 19.9. The van der Waals surface area contributed by atoms with Crippen molar-refractivity contribution in [3.8, 4) is 17.6 Å². The molecular formula is C27H27FN4O3. The van der Waals surface area contributed by atoms with E-state index in [1.165, 1.54) is 6.07 Å². The second-order valence-corrected chi connectivity index (χ2v) is 9.03. The van der Waals surface area contributed by atoms with Crippen LogP contribution in [-0.2, 0) is 6.42 Å². The normalized spacial score (nSPS) is 15.2. The Morgan fingerprint density at radius 3 is 2.89 bits per heavy atom. The fourth-order valence-corrected chi connectivity index (χ4v) is 3.73. The molecule has 0 spiro atoms. The number of hydrogen-bond donors (Lipinski definition) is 2. The van der Waals surface area contributed by atoms with Gasteiger partial charge in [0, 0.05) is 37.5 Å². The van der Waals surface area contributed by atoms with Crippen LogP contribution in [0.5, 0.6) is 5.75 Å². The van der Waals surface area contributed by atoms with E-state index in [0.717, 1.165) is 16.8 Å². The molecule has 0 saturated heterocycles. The summed E-state index contributed by atoms with van der Waals surface area (Å²) in [7, 11) is 1.92. The van der Waals surface area contributed by atoms with Crippen LogP contribution in [0.2, 0.25) is 0 Å². The summed E-state index contributed by atoms with van der Waals surface area (Å²) < 4.78 is 19.4. The number of aliphatic hydroxyl groups is 1. The van der Waals surface area contributed by atoms with Gasteiger partial charge in [0.1, 0.15) is 23.7 Å². The summed E-state index contributed by atoms with van der Waals surface area (Å²) in [5.41, 5.74) is 2.19. The number of halogens is 1. The van der Waals surface area contributed by atoms with E-state index in [-0.39, 0.29) is 17.6 Å². The van der Waals surface area contributed by atoms with Gasteiger partial charge in [-0.3, -0.25) is 9.78 Å². The summed E-state index contributed by atoms with van der Waals surface area (Å²) in [6.07, 6.45) is 1.95. The molecule has 7 nitrogen and oxygen atoms in total. The standard InChI is InChI=1S/C27H27FN4O3/c1-27(2,34)11-9-18-7-8-24-23(15-18)32(3)16-21(17-35-24)31-26(33)22-14-19(10-12-29-22)13-20-5-4-6-25(28)30-20/h4-8,10,12,14-15,21,34H,13,16-17H2,1-3H3,(H,31,33)/t21-/m1/s1. The Morgan fingerprint density at radius 2 is 2.11 bits per heavy atom. The predicted molar refractivity (Wildman–Crippen MR) is 131 cm³/mol. The molecule has 1 amide bonds. The van der Waals surface area contributed by atoms with Crippen molar-refractivity contribution in [2.24, 2.45) is 0 Å². The molecule has 1 aliphatic heterocycles. The number of ether oxygens (including phenoxy) is 1. The van der Waals surface area contributed by atoms with Crippen molar-refractivity contribution in [2.75, 3.05) is 25.1 Å². The zero-order chi connectivity index (χ0) is 25.0. The molecule has 3 heterocycles. The molecule has 0 aliphatic carbocycles. The van der Waals surface area contributed by atoms with E-state index >= 15 is 0 Å². The number of hydrogen-bond acceptors (Lipinski definition) is 6. The van der Waals surface area contributed by atoms with E-state index in [0.29, 0.717) is 31.0 Å². The highest BCUT2D eigenvalue weighted by Crippen LogP contribution is 2.31. The number of pyridine rings is 2. The fraction of sp³-hybridized carbons (Fsp3) is 0.296. The van der Waals surface area contributed by atoms with E-state index in [2.05, 4.69) is 27.1 Å². The lowest BCUT2D eigenvalue weighted by atomic mass is 10.1. The van der Waals surface area contributed by atoms with E-state index < -0.39 is 11.5 Å².